The number of hydrogen-bond acceptors (Lipinski definition) is 2. The van der Waals surface area contributed by atoms with Crippen molar-refractivity contribution in [1.82, 2.24) is 5.32 Å². The van der Waals surface area contributed by atoms with Crippen molar-refractivity contribution in [2.45, 2.75) is 6.23 Å². The fourth-order valence-electron chi connectivity index (χ4n) is 0.455. The molecule has 0 spiro atoms. The Kier molecular flexibility index (Phi) is 1.32. The van der Waals surface area contributed by atoms with E-state index in [1.807, 2.05) is 0 Å². The highest BCUT2D eigenvalue weighted by Gasteiger charge is 2.05. The maximum Gasteiger partial charge on any atom is 0.138 e. The third-order valence-corrected chi connectivity index (χ3v) is 0.814. The number of hydrogen-bond donors (Lipinski definition) is 1. The van der Waals surface area contributed by atoms with Crippen LogP contribution in [0, 0.1) is 6.42 Å². The first kappa shape index (κ1) is 4.65. The lowest BCUT2D eigenvalue weighted by Gasteiger charge is -2.04. The highest BCUT2D eigenvalue weighted by Crippen LogP contribution is 1.97. The zero-order chi connectivity index (χ0) is 5.11. The first-order valence-corrected chi connectivity index (χ1v) is 2.13. The molecule has 1 heterocycles. The molecule has 1 aliphatic heterocycles. The van der Waals surface area contributed by atoms with E-state index in [9.17, 15) is 0 Å². The zero-order valence-electron chi connectivity index (χ0n) is 4.14. The van der Waals surface area contributed by atoms with Crippen molar-refractivity contribution in [3.05, 3.63) is 18.7 Å². The van der Waals surface area contributed by atoms with Crippen molar-refractivity contribution in [3.63, 3.8) is 0 Å². The van der Waals surface area contributed by atoms with E-state index in [0.29, 0.717) is 0 Å². The van der Waals surface area contributed by atoms with Gasteiger partial charge in [-0.15, -0.1) is 0 Å². The van der Waals surface area contributed by atoms with Crippen LogP contribution in [0.15, 0.2) is 12.3 Å². The van der Waals surface area contributed by atoms with E-state index < -0.39 is 0 Å². The number of ether oxygens (including phenoxy) is 1. The smallest absolute Gasteiger partial charge is 0.138 e. The number of methoxy groups -OCH3 is 1. The largest absolute Gasteiger partial charge is 0.366 e. The molecule has 1 aliphatic rings. The predicted octanol–water partition coefficient (Wildman–Crippen LogP) is 0.157. The summed E-state index contributed by atoms with van der Waals surface area (Å²) in [7, 11) is 1.64. The van der Waals surface area contributed by atoms with Gasteiger partial charge in [-0.3, -0.25) is 0 Å². The molecule has 1 unspecified atom stereocenters. The second kappa shape index (κ2) is 1.98. The van der Waals surface area contributed by atoms with Gasteiger partial charge in [0, 0.05) is 7.11 Å². The fourth-order valence-corrected chi connectivity index (χ4v) is 0.455. The van der Waals surface area contributed by atoms with Crippen LogP contribution in [0.25, 0.3) is 0 Å². The third-order valence-electron chi connectivity index (χ3n) is 0.814. The average molecular weight is 97.1 g/mol. The summed E-state index contributed by atoms with van der Waals surface area (Å²) in [4.78, 5) is 0. The summed E-state index contributed by atoms with van der Waals surface area (Å²) in [5, 5.41) is 2.89. The van der Waals surface area contributed by atoms with Gasteiger partial charge in [-0.05, 0) is 6.20 Å². The highest BCUT2D eigenvalue weighted by molar-refractivity contribution is 5.05. The first-order valence-electron chi connectivity index (χ1n) is 2.13. The minimum atomic E-state index is -0.0139. The molecule has 0 aromatic heterocycles. The number of rotatable bonds is 1. The van der Waals surface area contributed by atoms with Gasteiger partial charge in [-0.2, -0.15) is 0 Å². The molecule has 0 aromatic carbocycles. The van der Waals surface area contributed by atoms with Crippen LogP contribution >= 0.6 is 0 Å². The maximum absolute atomic E-state index is 4.83. The Morgan fingerprint density at radius 1 is 1.86 bits per heavy atom. The van der Waals surface area contributed by atoms with Crippen LogP contribution in [0.3, 0.4) is 0 Å². The SMILES string of the molecule is COC1[C]C=CN1. The van der Waals surface area contributed by atoms with Gasteiger partial charge in [-0.25, -0.2) is 0 Å². The molecule has 0 fully saturated rings. The minimum absolute atomic E-state index is 0.0139. The summed E-state index contributed by atoms with van der Waals surface area (Å²) in [5.41, 5.74) is 0. The Hall–Kier alpha value is -0.500. The topological polar surface area (TPSA) is 21.3 Å². The third kappa shape index (κ3) is 0.933. The van der Waals surface area contributed by atoms with E-state index in [2.05, 4.69) is 11.7 Å². The van der Waals surface area contributed by atoms with E-state index in [-0.39, 0.29) is 6.23 Å². The van der Waals surface area contributed by atoms with E-state index in [4.69, 9.17) is 4.74 Å². The Bertz CT molecular complexity index is 72.1. The van der Waals surface area contributed by atoms with Gasteiger partial charge in [0.15, 0.2) is 0 Å². The van der Waals surface area contributed by atoms with Gasteiger partial charge in [0.2, 0.25) is 0 Å². The van der Waals surface area contributed by atoms with E-state index >= 15 is 0 Å². The second-order valence-corrected chi connectivity index (χ2v) is 1.28. The summed E-state index contributed by atoms with van der Waals surface area (Å²) in [6.07, 6.45) is 6.48. The lowest BCUT2D eigenvalue weighted by atomic mass is 10.4. The summed E-state index contributed by atoms with van der Waals surface area (Å²) in [6.45, 7) is 0. The molecule has 38 valence electrons. The van der Waals surface area contributed by atoms with Crippen molar-refractivity contribution in [1.29, 1.82) is 0 Å². The molecule has 1 rings (SSSR count). The lowest BCUT2D eigenvalue weighted by molar-refractivity contribution is 0.121. The normalized spacial score (nSPS) is 27.9. The predicted molar refractivity (Wildman–Crippen MR) is 26.3 cm³/mol. The first-order chi connectivity index (χ1) is 3.43. The van der Waals surface area contributed by atoms with Crippen molar-refractivity contribution >= 4 is 0 Å². The second-order valence-electron chi connectivity index (χ2n) is 1.28. The molecule has 0 aliphatic carbocycles. The van der Waals surface area contributed by atoms with E-state index in [0.717, 1.165) is 0 Å². The molecular formula is C5H7NO. The molecule has 0 amide bonds. The van der Waals surface area contributed by atoms with Gasteiger partial charge < -0.3 is 10.1 Å². The van der Waals surface area contributed by atoms with Crippen LogP contribution in [0.2, 0.25) is 0 Å². The van der Waals surface area contributed by atoms with Crippen LogP contribution in [0.4, 0.5) is 0 Å². The molecule has 7 heavy (non-hydrogen) atoms. The monoisotopic (exact) mass is 97.1 g/mol. The average Bonchev–Trinajstić information content (AvgIpc) is 2.14. The van der Waals surface area contributed by atoms with Gasteiger partial charge in [0.1, 0.15) is 6.23 Å². The highest BCUT2D eigenvalue weighted by atomic mass is 16.5. The lowest BCUT2D eigenvalue weighted by Crippen LogP contribution is -2.20. The van der Waals surface area contributed by atoms with Crippen molar-refractivity contribution in [3.8, 4) is 0 Å². The molecule has 1 N–H and O–H groups in total. The summed E-state index contributed by atoms with van der Waals surface area (Å²) in [5.74, 6) is 0. The molecule has 0 bridgehead atoms. The summed E-state index contributed by atoms with van der Waals surface area (Å²) >= 11 is 0. The van der Waals surface area contributed by atoms with Crippen molar-refractivity contribution in [2.24, 2.45) is 0 Å². The standard InChI is InChI=1S/C5H7NO/c1-7-5-3-2-4-6-5/h2,4-6H,1H3. The van der Waals surface area contributed by atoms with Gasteiger partial charge in [0.25, 0.3) is 0 Å². The quantitative estimate of drug-likeness (QED) is 0.503. The Morgan fingerprint density at radius 2 is 2.71 bits per heavy atom. The minimum Gasteiger partial charge on any atom is -0.366 e. The van der Waals surface area contributed by atoms with Crippen LogP contribution < -0.4 is 5.32 Å². The molecule has 1 atom stereocenters. The van der Waals surface area contributed by atoms with Gasteiger partial charge in [0.05, 0.1) is 6.42 Å². The zero-order valence-corrected chi connectivity index (χ0v) is 4.14. The molecule has 0 saturated heterocycles. The maximum atomic E-state index is 4.83. The molecule has 2 nitrogen and oxygen atoms in total. The van der Waals surface area contributed by atoms with Gasteiger partial charge in [-0.1, -0.05) is 6.08 Å². The fraction of sp³-hybridized carbons (Fsp3) is 0.400. The Balaban J connectivity index is 2.22. The van der Waals surface area contributed by atoms with Crippen molar-refractivity contribution in [2.75, 3.05) is 7.11 Å². The summed E-state index contributed by atoms with van der Waals surface area (Å²) < 4.78 is 4.83. The van der Waals surface area contributed by atoms with E-state index in [1.54, 1.807) is 19.4 Å². The molecule has 0 aromatic rings. The molecule has 2 radical (unpaired) electrons. The van der Waals surface area contributed by atoms with Crippen LogP contribution in [-0.2, 0) is 4.74 Å². The number of nitrogens with one attached hydrogen (secondary N) is 1. The Morgan fingerprint density at radius 3 is 3.00 bits per heavy atom. The molecular weight excluding hydrogens is 90.1 g/mol. The molecule has 2 heteroatoms. The van der Waals surface area contributed by atoms with E-state index in [1.165, 1.54) is 0 Å². The van der Waals surface area contributed by atoms with Crippen LogP contribution in [0.5, 0.6) is 0 Å². The molecule has 0 saturated carbocycles. The summed E-state index contributed by atoms with van der Waals surface area (Å²) in [6, 6.07) is 0. The van der Waals surface area contributed by atoms with Crippen LogP contribution in [0.1, 0.15) is 0 Å². The van der Waals surface area contributed by atoms with Crippen molar-refractivity contribution < 1.29 is 4.74 Å². The Labute approximate surface area is 43.2 Å². The van der Waals surface area contributed by atoms with Gasteiger partial charge >= 0.3 is 0 Å². The van der Waals surface area contributed by atoms with Crippen LogP contribution in [-0.4, -0.2) is 13.3 Å².